The zero-order chi connectivity index (χ0) is 9.84. The van der Waals surface area contributed by atoms with Crippen LogP contribution in [-0.2, 0) is 16.1 Å². The predicted octanol–water partition coefficient (Wildman–Crippen LogP) is 0.675. The average molecular weight is 202 g/mol. The number of aromatic nitrogens is 1. The van der Waals surface area contributed by atoms with Crippen LogP contribution in [0.2, 0.25) is 5.02 Å². The number of hydrogen-bond acceptors (Lipinski definition) is 3. The van der Waals surface area contributed by atoms with Crippen molar-refractivity contribution < 1.29 is 9.53 Å². The molecule has 5 heteroatoms. The number of pyridine rings is 1. The van der Waals surface area contributed by atoms with Gasteiger partial charge in [-0.3, -0.25) is 9.59 Å². The first-order chi connectivity index (χ1) is 6.13. The molecular weight excluding hydrogens is 194 g/mol. The van der Waals surface area contributed by atoms with Gasteiger partial charge in [-0.05, 0) is 6.07 Å². The number of hydrogen-bond donors (Lipinski definition) is 0. The van der Waals surface area contributed by atoms with Crippen molar-refractivity contribution in [3.8, 4) is 0 Å². The van der Waals surface area contributed by atoms with Gasteiger partial charge < -0.3 is 9.30 Å². The Morgan fingerprint density at radius 3 is 2.92 bits per heavy atom. The van der Waals surface area contributed by atoms with E-state index < -0.39 is 5.97 Å². The molecule has 0 fully saturated rings. The molecule has 0 aliphatic carbocycles. The molecule has 4 nitrogen and oxygen atoms in total. The highest BCUT2D eigenvalue weighted by atomic mass is 35.5. The number of esters is 1. The molecule has 0 aromatic carbocycles. The first-order valence-electron chi connectivity index (χ1n) is 3.56. The van der Waals surface area contributed by atoms with Gasteiger partial charge in [-0.15, -0.1) is 0 Å². The summed E-state index contributed by atoms with van der Waals surface area (Å²) in [5, 5.41) is 0.406. The lowest BCUT2D eigenvalue weighted by atomic mass is 10.4. The summed E-state index contributed by atoms with van der Waals surface area (Å²) in [6.07, 6.45) is 1.39. The molecule has 0 bridgehead atoms. The smallest absolute Gasteiger partial charge is 0.325 e. The summed E-state index contributed by atoms with van der Waals surface area (Å²) in [6.45, 7) is -0.115. The normalized spacial score (nSPS) is 9.69. The van der Waals surface area contributed by atoms with Crippen LogP contribution >= 0.6 is 11.6 Å². The molecule has 1 aromatic heterocycles. The number of carbonyl (C=O) groups is 1. The largest absolute Gasteiger partial charge is 0.468 e. The zero-order valence-corrected chi connectivity index (χ0v) is 7.75. The van der Waals surface area contributed by atoms with Gasteiger partial charge in [0, 0.05) is 12.3 Å². The third-order valence-electron chi connectivity index (χ3n) is 1.47. The summed E-state index contributed by atoms with van der Waals surface area (Å²) in [5.41, 5.74) is -0.283. The Kier molecular flexibility index (Phi) is 3.08. The van der Waals surface area contributed by atoms with Crippen LogP contribution in [0.3, 0.4) is 0 Å². The molecule has 0 spiro atoms. The number of carbonyl (C=O) groups excluding carboxylic acids is 1. The van der Waals surface area contributed by atoms with Crippen LogP contribution in [0.4, 0.5) is 0 Å². The summed E-state index contributed by atoms with van der Waals surface area (Å²) in [6, 6.07) is 2.77. The Balaban J connectivity index is 2.94. The van der Waals surface area contributed by atoms with Crippen LogP contribution in [0.1, 0.15) is 0 Å². The second-order valence-electron chi connectivity index (χ2n) is 2.39. The summed E-state index contributed by atoms with van der Waals surface area (Å²) >= 11 is 5.63. The molecule has 70 valence electrons. The highest BCUT2D eigenvalue weighted by Gasteiger charge is 2.03. The van der Waals surface area contributed by atoms with Gasteiger partial charge in [-0.2, -0.15) is 0 Å². The van der Waals surface area contributed by atoms with Crippen molar-refractivity contribution in [3.63, 3.8) is 0 Å². The van der Waals surface area contributed by atoms with E-state index in [-0.39, 0.29) is 12.1 Å². The van der Waals surface area contributed by atoms with Crippen molar-refractivity contribution >= 4 is 17.6 Å². The number of nitrogens with zero attached hydrogens (tertiary/aromatic N) is 1. The number of rotatable bonds is 2. The van der Waals surface area contributed by atoms with Crippen LogP contribution in [0.5, 0.6) is 0 Å². The maximum absolute atomic E-state index is 11.1. The van der Waals surface area contributed by atoms with E-state index in [0.717, 1.165) is 0 Å². The molecule has 13 heavy (non-hydrogen) atoms. The topological polar surface area (TPSA) is 48.3 Å². The maximum Gasteiger partial charge on any atom is 0.325 e. The number of halogens is 1. The van der Waals surface area contributed by atoms with E-state index in [9.17, 15) is 9.59 Å². The molecule has 1 heterocycles. The molecule has 0 saturated heterocycles. The van der Waals surface area contributed by atoms with Crippen LogP contribution in [-0.4, -0.2) is 17.6 Å². The van der Waals surface area contributed by atoms with Crippen LogP contribution in [0.15, 0.2) is 23.1 Å². The minimum atomic E-state index is -0.482. The molecule has 0 saturated carbocycles. The standard InChI is InChI=1S/C8H8ClNO3/c1-13-8(12)5-10-4-6(9)2-3-7(10)11/h2-4H,5H2,1H3. The lowest BCUT2D eigenvalue weighted by Gasteiger charge is -2.03. The van der Waals surface area contributed by atoms with Gasteiger partial charge in [0.25, 0.3) is 5.56 Å². The van der Waals surface area contributed by atoms with E-state index in [0.29, 0.717) is 5.02 Å². The SMILES string of the molecule is COC(=O)Cn1cc(Cl)ccc1=O. The van der Waals surface area contributed by atoms with Crippen LogP contribution in [0.25, 0.3) is 0 Å². The van der Waals surface area contributed by atoms with Gasteiger partial charge in [0.05, 0.1) is 12.1 Å². The minimum absolute atomic E-state index is 0.115. The van der Waals surface area contributed by atoms with Crippen molar-refractivity contribution in [1.29, 1.82) is 0 Å². The predicted molar refractivity (Wildman–Crippen MR) is 47.7 cm³/mol. The zero-order valence-electron chi connectivity index (χ0n) is 6.99. The van der Waals surface area contributed by atoms with E-state index in [1.165, 1.54) is 30.0 Å². The third kappa shape index (κ3) is 2.59. The van der Waals surface area contributed by atoms with Crippen molar-refractivity contribution in [1.82, 2.24) is 4.57 Å². The monoisotopic (exact) mass is 201 g/mol. The molecule has 0 aliphatic heterocycles. The highest BCUT2D eigenvalue weighted by molar-refractivity contribution is 6.30. The molecular formula is C8H8ClNO3. The minimum Gasteiger partial charge on any atom is -0.468 e. The van der Waals surface area contributed by atoms with E-state index in [1.807, 2.05) is 0 Å². The second-order valence-corrected chi connectivity index (χ2v) is 2.83. The fraction of sp³-hybridized carbons (Fsp3) is 0.250. The van der Waals surface area contributed by atoms with Crippen LogP contribution in [0, 0.1) is 0 Å². The van der Waals surface area contributed by atoms with Crippen LogP contribution < -0.4 is 5.56 Å². The van der Waals surface area contributed by atoms with E-state index in [1.54, 1.807) is 0 Å². The Labute approximate surface area is 79.7 Å². The van der Waals surface area contributed by atoms with E-state index in [4.69, 9.17) is 11.6 Å². The summed E-state index contributed by atoms with van der Waals surface area (Å²) in [7, 11) is 1.26. The van der Waals surface area contributed by atoms with Crippen molar-refractivity contribution in [2.24, 2.45) is 0 Å². The summed E-state index contributed by atoms with van der Waals surface area (Å²) in [5.74, 6) is -0.482. The number of ether oxygens (including phenoxy) is 1. The first kappa shape index (κ1) is 9.80. The van der Waals surface area contributed by atoms with E-state index >= 15 is 0 Å². The van der Waals surface area contributed by atoms with Gasteiger partial charge in [-0.1, -0.05) is 11.6 Å². The Morgan fingerprint density at radius 2 is 2.31 bits per heavy atom. The van der Waals surface area contributed by atoms with Gasteiger partial charge >= 0.3 is 5.97 Å². The fourth-order valence-electron chi connectivity index (χ4n) is 0.829. The van der Waals surface area contributed by atoms with Gasteiger partial charge in [-0.25, -0.2) is 0 Å². The van der Waals surface area contributed by atoms with Crippen molar-refractivity contribution in [2.75, 3.05) is 7.11 Å². The molecule has 0 unspecified atom stereocenters. The molecule has 0 amide bonds. The molecule has 0 radical (unpaired) electrons. The van der Waals surface area contributed by atoms with Gasteiger partial charge in [0.15, 0.2) is 0 Å². The third-order valence-corrected chi connectivity index (χ3v) is 1.70. The molecule has 1 rings (SSSR count). The quantitative estimate of drug-likeness (QED) is 0.661. The second kappa shape index (κ2) is 4.09. The van der Waals surface area contributed by atoms with Gasteiger partial charge in [0.2, 0.25) is 0 Å². The summed E-state index contributed by atoms with van der Waals surface area (Å²) in [4.78, 5) is 21.9. The maximum atomic E-state index is 11.1. The average Bonchev–Trinajstić information content (AvgIpc) is 2.11. The molecule has 1 aromatic rings. The number of methoxy groups -OCH3 is 1. The lowest BCUT2D eigenvalue weighted by molar-refractivity contribution is -0.141. The van der Waals surface area contributed by atoms with Gasteiger partial charge in [0.1, 0.15) is 6.54 Å². The van der Waals surface area contributed by atoms with Crippen molar-refractivity contribution in [3.05, 3.63) is 33.7 Å². The Bertz CT molecular complexity index is 372. The molecule has 0 N–H and O–H groups in total. The van der Waals surface area contributed by atoms with E-state index in [2.05, 4.69) is 4.74 Å². The molecule has 0 aliphatic rings. The lowest BCUT2D eigenvalue weighted by Crippen LogP contribution is -2.23. The highest BCUT2D eigenvalue weighted by Crippen LogP contribution is 2.02. The molecule has 0 atom stereocenters. The summed E-state index contributed by atoms with van der Waals surface area (Å²) < 4.78 is 5.60. The fourth-order valence-corrected chi connectivity index (χ4v) is 1.01. The Hall–Kier alpha value is -1.29. The Morgan fingerprint density at radius 1 is 1.62 bits per heavy atom. The first-order valence-corrected chi connectivity index (χ1v) is 3.94. The van der Waals surface area contributed by atoms with Crippen molar-refractivity contribution in [2.45, 2.75) is 6.54 Å².